The van der Waals surface area contributed by atoms with Crippen molar-refractivity contribution >= 4 is 5.97 Å². The standard InChI is InChI=1S/C12H11N3O2.Li.H2O/c16-11(17)10-8-15(14-13-10)12(6-7-12)9-4-2-1-3-5-9;;/h1-5,8H,6-7H2,(H,16,17);;1H2/q;+1;/p-1. The van der Waals surface area contributed by atoms with E-state index >= 15 is 0 Å². The van der Waals surface area contributed by atoms with Gasteiger partial charge in [0.25, 0.3) is 0 Å². The van der Waals surface area contributed by atoms with E-state index in [-0.39, 0.29) is 35.6 Å². The summed E-state index contributed by atoms with van der Waals surface area (Å²) in [6, 6.07) is 9.99. The second-order valence-corrected chi connectivity index (χ2v) is 4.25. The topological polar surface area (TPSA) is 98.0 Å². The Bertz CT molecular complexity index is 567. The minimum absolute atomic E-state index is 0. The molecule has 1 aliphatic carbocycles. The van der Waals surface area contributed by atoms with Crippen LogP contribution in [-0.2, 0) is 5.54 Å². The molecule has 94 valence electrons. The Kier molecular flexibility index (Phi) is 4.53. The summed E-state index contributed by atoms with van der Waals surface area (Å²) in [4.78, 5) is 10.8. The number of hydrogen-bond donors (Lipinski definition) is 1. The third kappa shape index (κ3) is 2.56. The van der Waals surface area contributed by atoms with E-state index in [0.29, 0.717) is 0 Å². The predicted molar refractivity (Wildman–Crippen MR) is 61.7 cm³/mol. The van der Waals surface area contributed by atoms with E-state index in [1.807, 2.05) is 30.3 Å². The molecule has 0 spiro atoms. The maximum absolute atomic E-state index is 10.8. The molecule has 1 aromatic heterocycles. The summed E-state index contributed by atoms with van der Waals surface area (Å²) in [7, 11) is 0. The Morgan fingerprint density at radius 2 is 1.89 bits per heavy atom. The molecule has 1 fully saturated rings. The molecule has 0 radical (unpaired) electrons. The monoisotopic (exact) mass is 253 g/mol. The number of hydrogen-bond acceptors (Lipinski definition) is 4. The number of carbonyl (C=O) groups is 1. The fourth-order valence-electron chi connectivity index (χ4n) is 2.09. The first-order valence-corrected chi connectivity index (χ1v) is 5.44. The summed E-state index contributed by atoms with van der Waals surface area (Å²) in [5, 5.41) is 16.4. The maximum Gasteiger partial charge on any atom is 1.00 e. The van der Waals surface area contributed by atoms with Gasteiger partial charge in [0.15, 0.2) is 5.69 Å². The Morgan fingerprint density at radius 3 is 2.37 bits per heavy atom. The van der Waals surface area contributed by atoms with Crippen molar-refractivity contribution in [2.45, 2.75) is 18.4 Å². The van der Waals surface area contributed by atoms with Gasteiger partial charge in [0.1, 0.15) is 0 Å². The van der Waals surface area contributed by atoms with E-state index in [1.165, 1.54) is 6.20 Å². The summed E-state index contributed by atoms with van der Waals surface area (Å²) in [6.45, 7) is 0. The first-order chi connectivity index (χ1) is 8.22. The third-order valence-electron chi connectivity index (χ3n) is 3.19. The molecule has 0 bridgehead atoms. The molecule has 0 aliphatic heterocycles. The van der Waals surface area contributed by atoms with Crippen molar-refractivity contribution in [2.75, 3.05) is 0 Å². The summed E-state index contributed by atoms with van der Waals surface area (Å²) in [6.07, 6.45) is 3.45. The number of carboxylic acid groups (broad SMARTS) is 1. The van der Waals surface area contributed by atoms with Crippen LogP contribution in [0.15, 0.2) is 36.5 Å². The number of aromatic carboxylic acids is 1. The Labute approximate surface area is 121 Å². The van der Waals surface area contributed by atoms with E-state index in [4.69, 9.17) is 5.11 Å². The summed E-state index contributed by atoms with van der Waals surface area (Å²) < 4.78 is 1.67. The van der Waals surface area contributed by atoms with Crippen LogP contribution in [0, 0.1) is 0 Å². The van der Waals surface area contributed by atoms with Crippen LogP contribution in [0.25, 0.3) is 0 Å². The van der Waals surface area contributed by atoms with E-state index in [9.17, 15) is 4.79 Å². The van der Waals surface area contributed by atoms with Crippen molar-refractivity contribution in [3.05, 3.63) is 47.8 Å². The first-order valence-electron chi connectivity index (χ1n) is 5.44. The molecule has 1 aliphatic rings. The molecule has 3 rings (SSSR count). The second-order valence-electron chi connectivity index (χ2n) is 4.25. The fourth-order valence-corrected chi connectivity index (χ4v) is 2.09. The quantitative estimate of drug-likeness (QED) is 0.660. The molecule has 6 nitrogen and oxygen atoms in total. The molecule has 2 aromatic rings. The minimum atomic E-state index is -1.04. The van der Waals surface area contributed by atoms with Crippen molar-refractivity contribution in [1.29, 1.82) is 0 Å². The summed E-state index contributed by atoms with van der Waals surface area (Å²) in [5.74, 6) is -1.04. The van der Waals surface area contributed by atoms with Gasteiger partial charge in [-0.3, -0.25) is 0 Å². The zero-order valence-corrected chi connectivity index (χ0v) is 10.5. The van der Waals surface area contributed by atoms with Gasteiger partial charge in [-0.05, 0) is 18.4 Å². The number of nitrogens with zero attached hydrogens (tertiary/aromatic N) is 3. The molecule has 1 aromatic carbocycles. The van der Waals surface area contributed by atoms with Gasteiger partial charge in [0.2, 0.25) is 0 Å². The van der Waals surface area contributed by atoms with Crippen LogP contribution < -0.4 is 18.9 Å². The Morgan fingerprint density at radius 1 is 1.26 bits per heavy atom. The number of aromatic nitrogens is 3. The van der Waals surface area contributed by atoms with Gasteiger partial charge < -0.3 is 10.6 Å². The van der Waals surface area contributed by atoms with Crippen molar-refractivity contribution in [1.82, 2.24) is 15.0 Å². The summed E-state index contributed by atoms with van der Waals surface area (Å²) in [5.41, 5.74) is 0.969. The van der Waals surface area contributed by atoms with Gasteiger partial charge in [0, 0.05) is 0 Å². The van der Waals surface area contributed by atoms with Crippen LogP contribution in [0.5, 0.6) is 0 Å². The largest absolute Gasteiger partial charge is 1.00 e. The smallest absolute Gasteiger partial charge is 0.870 e. The molecule has 0 saturated heterocycles. The van der Waals surface area contributed by atoms with Gasteiger partial charge in [-0.1, -0.05) is 35.5 Å². The molecule has 7 heteroatoms. The third-order valence-corrected chi connectivity index (χ3v) is 3.19. The Hall–Kier alpha value is -1.61. The normalized spacial score (nSPS) is 14.9. The molecular formula is C12H12LiN3O3. The molecule has 2 N–H and O–H groups in total. The predicted octanol–water partition coefficient (Wildman–Crippen LogP) is -1.66. The second kappa shape index (κ2) is 5.57. The van der Waals surface area contributed by atoms with Crippen molar-refractivity contribution in [3.63, 3.8) is 0 Å². The molecule has 1 heterocycles. The van der Waals surface area contributed by atoms with Crippen LogP contribution in [0.2, 0.25) is 0 Å². The minimum Gasteiger partial charge on any atom is -0.870 e. The number of rotatable bonds is 3. The zero-order chi connectivity index (χ0) is 11.9. The van der Waals surface area contributed by atoms with Crippen LogP contribution in [-0.4, -0.2) is 31.5 Å². The van der Waals surface area contributed by atoms with Gasteiger partial charge in [-0.15, -0.1) is 5.10 Å². The first kappa shape index (κ1) is 15.4. The average Bonchev–Trinajstić information content (AvgIpc) is 3.00. The van der Waals surface area contributed by atoms with Gasteiger partial charge in [0.05, 0.1) is 11.7 Å². The van der Waals surface area contributed by atoms with Crippen molar-refractivity contribution < 1.29 is 34.2 Å². The Balaban J connectivity index is 0.000000902. The maximum atomic E-state index is 10.8. The summed E-state index contributed by atoms with van der Waals surface area (Å²) >= 11 is 0. The van der Waals surface area contributed by atoms with Gasteiger partial charge in [-0.2, -0.15) is 0 Å². The average molecular weight is 253 g/mol. The SMILES string of the molecule is O=C(O)c1cn(C2(c3ccccc3)CC2)nn1.[Li+].[OH-]. The van der Waals surface area contributed by atoms with Crippen LogP contribution in [0.1, 0.15) is 28.9 Å². The fraction of sp³-hybridized carbons (Fsp3) is 0.250. The molecular weight excluding hydrogens is 241 g/mol. The van der Waals surface area contributed by atoms with E-state index < -0.39 is 5.97 Å². The number of carboxylic acids is 1. The molecule has 1 saturated carbocycles. The number of benzene rings is 1. The van der Waals surface area contributed by atoms with E-state index in [1.54, 1.807) is 4.68 Å². The molecule has 19 heavy (non-hydrogen) atoms. The molecule has 0 unspecified atom stereocenters. The van der Waals surface area contributed by atoms with Crippen molar-refractivity contribution in [2.24, 2.45) is 0 Å². The van der Waals surface area contributed by atoms with Crippen molar-refractivity contribution in [3.8, 4) is 0 Å². The van der Waals surface area contributed by atoms with Gasteiger partial charge in [-0.25, -0.2) is 9.48 Å². The van der Waals surface area contributed by atoms with Gasteiger partial charge >= 0.3 is 24.8 Å². The van der Waals surface area contributed by atoms with E-state index in [2.05, 4.69) is 10.3 Å². The van der Waals surface area contributed by atoms with Crippen LogP contribution in [0.4, 0.5) is 0 Å². The zero-order valence-electron chi connectivity index (χ0n) is 10.5. The molecule has 0 atom stereocenters. The van der Waals surface area contributed by atoms with Crippen LogP contribution >= 0.6 is 0 Å². The molecule has 0 amide bonds. The van der Waals surface area contributed by atoms with Crippen LogP contribution in [0.3, 0.4) is 0 Å². The van der Waals surface area contributed by atoms with E-state index in [0.717, 1.165) is 18.4 Å².